The molecule has 90 valence electrons. The summed E-state index contributed by atoms with van der Waals surface area (Å²) in [6.45, 7) is 2.08. The van der Waals surface area contributed by atoms with E-state index in [-0.39, 0.29) is 4.90 Å². The molecular formula is C13H14O3S. The molecule has 17 heavy (non-hydrogen) atoms. The normalized spacial score (nSPS) is 10.2. The molecule has 0 fully saturated rings. The second kappa shape index (κ2) is 6.18. The largest absolute Gasteiger partial charge is 0.294 e. The Morgan fingerprint density at radius 2 is 1.24 bits per heavy atom. The summed E-state index contributed by atoms with van der Waals surface area (Å²) < 4.78 is 29.2. The van der Waals surface area contributed by atoms with Gasteiger partial charge in [-0.25, -0.2) is 0 Å². The fraction of sp³-hybridized carbons (Fsp3) is 0.0769. The van der Waals surface area contributed by atoms with Crippen LogP contribution >= 0.6 is 0 Å². The smallest absolute Gasteiger partial charge is 0.282 e. The summed E-state index contributed by atoms with van der Waals surface area (Å²) in [5.41, 5.74) is 1.32. The van der Waals surface area contributed by atoms with Gasteiger partial charge in [-0.3, -0.25) is 4.55 Å². The van der Waals surface area contributed by atoms with Gasteiger partial charge in [0.15, 0.2) is 0 Å². The molecule has 2 rings (SSSR count). The van der Waals surface area contributed by atoms with E-state index in [1.54, 1.807) is 18.2 Å². The molecule has 2 aromatic carbocycles. The van der Waals surface area contributed by atoms with Gasteiger partial charge in [-0.15, -0.1) is 0 Å². The zero-order chi connectivity index (χ0) is 12.7. The van der Waals surface area contributed by atoms with Gasteiger partial charge in [0.25, 0.3) is 10.1 Å². The van der Waals surface area contributed by atoms with E-state index in [2.05, 4.69) is 19.1 Å². The molecule has 0 aliphatic carbocycles. The minimum Gasteiger partial charge on any atom is -0.282 e. The van der Waals surface area contributed by atoms with E-state index < -0.39 is 10.1 Å². The highest BCUT2D eigenvalue weighted by Gasteiger charge is 2.05. The number of hydrogen-bond acceptors (Lipinski definition) is 2. The average Bonchev–Trinajstić information content (AvgIpc) is 2.31. The van der Waals surface area contributed by atoms with Gasteiger partial charge in [-0.1, -0.05) is 54.1 Å². The van der Waals surface area contributed by atoms with Crippen molar-refractivity contribution in [2.24, 2.45) is 0 Å². The number of hydrogen-bond donors (Lipinski definition) is 1. The van der Waals surface area contributed by atoms with Crippen molar-refractivity contribution in [2.45, 2.75) is 11.8 Å². The lowest BCUT2D eigenvalue weighted by Gasteiger charge is -1.92. The lowest BCUT2D eigenvalue weighted by molar-refractivity contribution is 0.483. The van der Waals surface area contributed by atoms with Crippen LogP contribution in [0.4, 0.5) is 0 Å². The highest BCUT2D eigenvalue weighted by Crippen LogP contribution is 2.05. The van der Waals surface area contributed by atoms with Crippen molar-refractivity contribution in [3.8, 4) is 0 Å². The molecule has 0 unspecified atom stereocenters. The van der Waals surface area contributed by atoms with E-state index in [9.17, 15) is 8.42 Å². The molecule has 0 aliphatic heterocycles. The minimum absolute atomic E-state index is 0.0741. The lowest BCUT2D eigenvalue weighted by atomic mass is 10.2. The Morgan fingerprint density at radius 1 is 0.824 bits per heavy atom. The third-order valence-electron chi connectivity index (χ3n) is 1.98. The Kier molecular flexibility index (Phi) is 4.87. The maximum Gasteiger partial charge on any atom is 0.294 e. The Bertz CT molecular complexity index is 533. The second-order valence-electron chi connectivity index (χ2n) is 3.44. The van der Waals surface area contributed by atoms with Crippen molar-refractivity contribution in [3.63, 3.8) is 0 Å². The SMILES string of the molecule is Cc1ccccc1.O=S(=O)(O)c1ccccc1. The molecule has 2 aromatic rings. The lowest BCUT2D eigenvalue weighted by Crippen LogP contribution is -1.96. The second-order valence-corrected chi connectivity index (χ2v) is 4.86. The van der Waals surface area contributed by atoms with E-state index in [0.717, 1.165) is 0 Å². The average molecular weight is 250 g/mol. The summed E-state index contributed by atoms with van der Waals surface area (Å²) >= 11 is 0. The molecule has 0 aliphatic rings. The summed E-state index contributed by atoms with van der Waals surface area (Å²) in [4.78, 5) is -0.0741. The molecule has 0 saturated carbocycles. The van der Waals surface area contributed by atoms with E-state index >= 15 is 0 Å². The van der Waals surface area contributed by atoms with Crippen LogP contribution in [0.25, 0.3) is 0 Å². The highest BCUT2D eigenvalue weighted by molar-refractivity contribution is 7.85. The predicted molar refractivity (Wildman–Crippen MR) is 67.4 cm³/mol. The summed E-state index contributed by atoms with van der Waals surface area (Å²) in [6.07, 6.45) is 0. The van der Waals surface area contributed by atoms with Gasteiger partial charge in [0.05, 0.1) is 4.90 Å². The van der Waals surface area contributed by atoms with Crippen LogP contribution < -0.4 is 0 Å². The number of benzene rings is 2. The Labute approximate surface area is 101 Å². The molecule has 0 bridgehead atoms. The van der Waals surface area contributed by atoms with Crippen molar-refractivity contribution in [1.29, 1.82) is 0 Å². The predicted octanol–water partition coefficient (Wildman–Crippen LogP) is 2.93. The highest BCUT2D eigenvalue weighted by atomic mass is 32.2. The molecule has 0 spiro atoms. The van der Waals surface area contributed by atoms with Gasteiger partial charge in [0, 0.05) is 0 Å². The maximum atomic E-state index is 10.4. The minimum atomic E-state index is -4.00. The van der Waals surface area contributed by atoms with Crippen LogP contribution in [0.2, 0.25) is 0 Å². The monoisotopic (exact) mass is 250 g/mol. The standard InChI is InChI=1S/C7H8.C6H6O3S/c1-7-5-3-2-4-6-7;7-10(8,9)6-4-2-1-3-5-6/h2-6H,1H3;1-5H,(H,7,8,9). The van der Waals surface area contributed by atoms with E-state index in [1.807, 2.05) is 18.2 Å². The van der Waals surface area contributed by atoms with Gasteiger partial charge in [0.1, 0.15) is 0 Å². The van der Waals surface area contributed by atoms with Crippen LogP contribution in [0.3, 0.4) is 0 Å². The van der Waals surface area contributed by atoms with Crippen molar-refractivity contribution in [2.75, 3.05) is 0 Å². The first kappa shape index (κ1) is 13.4. The first-order chi connectivity index (χ1) is 8.00. The topological polar surface area (TPSA) is 54.4 Å². The first-order valence-corrected chi connectivity index (χ1v) is 6.48. The van der Waals surface area contributed by atoms with Crippen LogP contribution in [0.5, 0.6) is 0 Å². The number of aryl methyl sites for hydroxylation is 1. The zero-order valence-electron chi connectivity index (χ0n) is 9.45. The number of rotatable bonds is 1. The molecule has 4 heteroatoms. The molecule has 3 nitrogen and oxygen atoms in total. The van der Waals surface area contributed by atoms with E-state index in [0.29, 0.717) is 0 Å². The molecule has 0 aromatic heterocycles. The maximum absolute atomic E-state index is 10.4. The molecule has 1 N–H and O–H groups in total. The Balaban J connectivity index is 0.000000181. The Morgan fingerprint density at radius 3 is 1.47 bits per heavy atom. The first-order valence-electron chi connectivity index (χ1n) is 5.04. The molecule has 0 atom stereocenters. The van der Waals surface area contributed by atoms with Crippen LogP contribution in [0, 0.1) is 6.92 Å². The zero-order valence-corrected chi connectivity index (χ0v) is 10.3. The Hall–Kier alpha value is -1.65. The summed E-state index contributed by atoms with van der Waals surface area (Å²) in [5, 5.41) is 0. The summed E-state index contributed by atoms with van der Waals surface area (Å²) in [6, 6.07) is 17.7. The third-order valence-corrected chi connectivity index (χ3v) is 2.85. The van der Waals surface area contributed by atoms with Gasteiger partial charge in [0.2, 0.25) is 0 Å². The van der Waals surface area contributed by atoms with Crippen molar-refractivity contribution < 1.29 is 13.0 Å². The quantitative estimate of drug-likeness (QED) is 0.792. The molecular weight excluding hydrogens is 236 g/mol. The van der Waals surface area contributed by atoms with Crippen LogP contribution in [-0.4, -0.2) is 13.0 Å². The van der Waals surface area contributed by atoms with Crippen LogP contribution in [-0.2, 0) is 10.1 Å². The van der Waals surface area contributed by atoms with Crippen molar-refractivity contribution in [3.05, 3.63) is 66.2 Å². The van der Waals surface area contributed by atoms with E-state index in [4.69, 9.17) is 4.55 Å². The van der Waals surface area contributed by atoms with Gasteiger partial charge >= 0.3 is 0 Å². The molecule has 0 radical (unpaired) electrons. The van der Waals surface area contributed by atoms with Crippen LogP contribution in [0.15, 0.2) is 65.6 Å². The van der Waals surface area contributed by atoms with Crippen molar-refractivity contribution >= 4 is 10.1 Å². The summed E-state index contributed by atoms with van der Waals surface area (Å²) in [7, 11) is -4.00. The summed E-state index contributed by atoms with van der Waals surface area (Å²) in [5.74, 6) is 0. The van der Waals surface area contributed by atoms with Gasteiger partial charge in [-0.05, 0) is 19.1 Å². The molecule has 0 heterocycles. The van der Waals surface area contributed by atoms with E-state index in [1.165, 1.54) is 17.7 Å². The van der Waals surface area contributed by atoms with Crippen LogP contribution in [0.1, 0.15) is 5.56 Å². The fourth-order valence-electron chi connectivity index (χ4n) is 1.13. The van der Waals surface area contributed by atoms with Gasteiger partial charge < -0.3 is 0 Å². The molecule has 0 amide bonds. The third kappa shape index (κ3) is 5.29. The fourth-order valence-corrected chi connectivity index (χ4v) is 1.63. The van der Waals surface area contributed by atoms with Crippen molar-refractivity contribution in [1.82, 2.24) is 0 Å². The van der Waals surface area contributed by atoms with Gasteiger partial charge in [-0.2, -0.15) is 8.42 Å². The molecule has 0 saturated heterocycles.